The van der Waals surface area contributed by atoms with Gasteiger partial charge in [0.1, 0.15) is 12.6 Å². The molecule has 2 fully saturated rings. The molecule has 6 nitrogen and oxygen atoms in total. The summed E-state index contributed by atoms with van der Waals surface area (Å²) in [7, 11) is 1.61. The van der Waals surface area contributed by atoms with Crippen LogP contribution in [0.2, 0.25) is 0 Å². The van der Waals surface area contributed by atoms with Gasteiger partial charge in [0.15, 0.2) is 11.5 Å². The van der Waals surface area contributed by atoms with Crippen molar-refractivity contribution in [3.8, 4) is 11.5 Å². The first kappa shape index (κ1) is 25.6. The van der Waals surface area contributed by atoms with Crippen LogP contribution in [-0.4, -0.2) is 54.0 Å². The van der Waals surface area contributed by atoms with Crippen molar-refractivity contribution in [1.82, 2.24) is 9.80 Å². The van der Waals surface area contributed by atoms with E-state index in [0.29, 0.717) is 24.0 Å². The normalized spacial score (nSPS) is 25.6. The summed E-state index contributed by atoms with van der Waals surface area (Å²) in [6.07, 6.45) is 12.0. The standard InChI is InChI=1S/C29H42N2O4/c1-20(2)35-25-15-12-23(18-26(25)34-4)28-29(33)31(24-13-10-21(3)11-14-24)19-27(32)30(28)17-16-22-8-6-5-7-9-22/h8,12,15,18,20-21,24,28H,5-7,9-11,13-14,16-17,19H2,1-4H3. The number of carbonyl (C=O) groups is 2. The molecule has 35 heavy (non-hydrogen) atoms. The number of rotatable bonds is 8. The van der Waals surface area contributed by atoms with Gasteiger partial charge in [-0.3, -0.25) is 9.59 Å². The van der Waals surface area contributed by atoms with Crippen molar-refractivity contribution in [3.63, 3.8) is 0 Å². The molecule has 2 amide bonds. The summed E-state index contributed by atoms with van der Waals surface area (Å²) in [6, 6.07) is 5.21. The fraction of sp³-hybridized carbons (Fsp3) is 0.655. The van der Waals surface area contributed by atoms with Gasteiger partial charge in [0, 0.05) is 12.6 Å². The fourth-order valence-electron chi connectivity index (χ4n) is 5.79. The number of carbonyl (C=O) groups excluding carboxylic acids is 2. The minimum atomic E-state index is -0.623. The van der Waals surface area contributed by atoms with Gasteiger partial charge >= 0.3 is 0 Å². The molecule has 4 rings (SSSR count). The lowest BCUT2D eigenvalue weighted by Crippen LogP contribution is -2.58. The van der Waals surface area contributed by atoms with Crippen molar-refractivity contribution in [1.29, 1.82) is 0 Å². The van der Waals surface area contributed by atoms with Crippen molar-refractivity contribution in [2.24, 2.45) is 5.92 Å². The van der Waals surface area contributed by atoms with Crippen LogP contribution in [0.15, 0.2) is 29.8 Å². The van der Waals surface area contributed by atoms with E-state index in [2.05, 4.69) is 13.0 Å². The number of piperazine rings is 1. The summed E-state index contributed by atoms with van der Waals surface area (Å²) < 4.78 is 11.5. The maximum absolute atomic E-state index is 14.0. The Bertz CT molecular complexity index is 933. The maximum Gasteiger partial charge on any atom is 0.250 e. The molecular weight excluding hydrogens is 440 g/mol. The molecule has 1 saturated carbocycles. The zero-order valence-corrected chi connectivity index (χ0v) is 21.9. The minimum Gasteiger partial charge on any atom is -0.493 e. The number of ether oxygens (including phenoxy) is 2. The number of amides is 2. The lowest BCUT2D eigenvalue weighted by atomic mass is 9.85. The van der Waals surface area contributed by atoms with Crippen LogP contribution in [-0.2, 0) is 9.59 Å². The predicted molar refractivity (Wildman–Crippen MR) is 138 cm³/mol. The van der Waals surface area contributed by atoms with Crippen LogP contribution in [0.25, 0.3) is 0 Å². The van der Waals surface area contributed by atoms with Crippen molar-refractivity contribution in [2.75, 3.05) is 20.2 Å². The monoisotopic (exact) mass is 482 g/mol. The molecule has 6 heteroatoms. The summed E-state index contributed by atoms with van der Waals surface area (Å²) in [4.78, 5) is 31.3. The van der Waals surface area contributed by atoms with Gasteiger partial charge in [0.2, 0.25) is 5.91 Å². The Balaban J connectivity index is 1.63. The van der Waals surface area contributed by atoms with Crippen LogP contribution in [0.1, 0.15) is 90.2 Å². The number of hydrogen-bond acceptors (Lipinski definition) is 4. The third-order valence-electron chi connectivity index (χ3n) is 7.81. The second-order valence-corrected chi connectivity index (χ2v) is 10.8. The second-order valence-electron chi connectivity index (χ2n) is 10.8. The molecule has 0 radical (unpaired) electrons. The summed E-state index contributed by atoms with van der Waals surface area (Å²) >= 11 is 0. The molecule has 3 aliphatic rings. The summed E-state index contributed by atoms with van der Waals surface area (Å²) in [6.45, 7) is 6.99. The third-order valence-corrected chi connectivity index (χ3v) is 7.81. The average Bonchev–Trinajstić information content (AvgIpc) is 2.85. The van der Waals surface area contributed by atoms with Crippen LogP contribution in [0.5, 0.6) is 11.5 Å². The van der Waals surface area contributed by atoms with E-state index in [1.54, 1.807) is 7.11 Å². The third kappa shape index (κ3) is 6.02. The summed E-state index contributed by atoms with van der Waals surface area (Å²) in [5.41, 5.74) is 2.21. The molecule has 1 heterocycles. The van der Waals surface area contributed by atoms with Gasteiger partial charge in [-0.25, -0.2) is 0 Å². The van der Waals surface area contributed by atoms with Crippen molar-refractivity contribution < 1.29 is 19.1 Å². The van der Waals surface area contributed by atoms with Gasteiger partial charge in [0.25, 0.3) is 5.91 Å². The van der Waals surface area contributed by atoms with Gasteiger partial charge in [-0.15, -0.1) is 0 Å². The highest BCUT2D eigenvalue weighted by Gasteiger charge is 2.43. The molecule has 0 N–H and O–H groups in total. The molecule has 1 saturated heterocycles. The Kier molecular flexibility index (Phi) is 8.40. The predicted octanol–water partition coefficient (Wildman–Crippen LogP) is 5.66. The molecule has 0 aromatic heterocycles. The Morgan fingerprint density at radius 2 is 1.83 bits per heavy atom. The van der Waals surface area contributed by atoms with E-state index in [-0.39, 0.29) is 30.5 Å². The van der Waals surface area contributed by atoms with Crippen LogP contribution in [0, 0.1) is 5.92 Å². The lowest BCUT2D eigenvalue weighted by Gasteiger charge is -2.45. The molecule has 1 unspecified atom stereocenters. The van der Waals surface area contributed by atoms with E-state index < -0.39 is 6.04 Å². The first-order chi connectivity index (χ1) is 16.9. The Morgan fingerprint density at radius 3 is 2.49 bits per heavy atom. The zero-order chi connectivity index (χ0) is 24.9. The fourth-order valence-corrected chi connectivity index (χ4v) is 5.79. The number of methoxy groups -OCH3 is 1. The van der Waals surface area contributed by atoms with Crippen LogP contribution >= 0.6 is 0 Å². The van der Waals surface area contributed by atoms with Gasteiger partial charge in [-0.05, 0) is 95.2 Å². The van der Waals surface area contributed by atoms with E-state index in [9.17, 15) is 9.59 Å². The first-order valence-electron chi connectivity index (χ1n) is 13.5. The quantitative estimate of drug-likeness (QED) is 0.449. The topological polar surface area (TPSA) is 59.1 Å². The van der Waals surface area contributed by atoms with Crippen LogP contribution in [0.3, 0.4) is 0 Å². The van der Waals surface area contributed by atoms with E-state index in [1.165, 1.54) is 18.4 Å². The number of benzene rings is 1. The first-order valence-corrected chi connectivity index (χ1v) is 13.5. The molecule has 1 aromatic rings. The Hall–Kier alpha value is -2.50. The van der Waals surface area contributed by atoms with E-state index >= 15 is 0 Å². The van der Waals surface area contributed by atoms with Crippen molar-refractivity contribution in [3.05, 3.63) is 35.4 Å². The maximum atomic E-state index is 14.0. The highest BCUT2D eigenvalue weighted by Crippen LogP contribution is 2.38. The Labute approximate surface area is 210 Å². The Morgan fingerprint density at radius 1 is 1.06 bits per heavy atom. The lowest BCUT2D eigenvalue weighted by molar-refractivity contribution is -0.159. The molecule has 0 spiro atoms. The molecular formula is C29H42N2O4. The highest BCUT2D eigenvalue weighted by molar-refractivity contribution is 5.96. The highest BCUT2D eigenvalue weighted by atomic mass is 16.5. The average molecular weight is 483 g/mol. The second kappa shape index (κ2) is 11.5. The number of nitrogens with zero attached hydrogens (tertiary/aromatic N) is 2. The number of allylic oxidation sites excluding steroid dienone is 1. The summed E-state index contributed by atoms with van der Waals surface area (Å²) in [5.74, 6) is 2.02. The zero-order valence-electron chi connectivity index (χ0n) is 21.9. The smallest absolute Gasteiger partial charge is 0.250 e. The van der Waals surface area contributed by atoms with Gasteiger partial charge < -0.3 is 19.3 Å². The summed E-state index contributed by atoms with van der Waals surface area (Å²) in [5, 5.41) is 0. The van der Waals surface area contributed by atoms with Gasteiger partial charge in [-0.1, -0.05) is 24.6 Å². The molecule has 1 atom stereocenters. The van der Waals surface area contributed by atoms with Gasteiger partial charge in [-0.2, -0.15) is 0 Å². The van der Waals surface area contributed by atoms with Gasteiger partial charge in [0.05, 0.1) is 13.2 Å². The molecule has 2 aliphatic carbocycles. The number of hydrogen-bond donors (Lipinski definition) is 0. The molecule has 0 bridgehead atoms. The van der Waals surface area contributed by atoms with Crippen LogP contribution in [0.4, 0.5) is 0 Å². The van der Waals surface area contributed by atoms with E-state index in [1.807, 2.05) is 41.8 Å². The van der Waals surface area contributed by atoms with Crippen molar-refractivity contribution >= 4 is 11.8 Å². The molecule has 1 aliphatic heterocycles. The van der Waals surface area contributed by atoms with E-state index in [0.717, 1.165) is 50.5 Å². The molecule has 192 valence electrons. The van der Waals surface area contributed by atoms with E-state index in [4.69, 9.17) is 9.47 Å². The SMILES string of the molecule is COc1cc(C2C(=O)N(C3CCC(C)CC3)CC(=O)N2CCC2=CCCCC2)ccc1OC(C)C. The largest absolute Gasteiger partial charge is 0.493 e. The minimum absolute atomic E-state index is 0.0112. The van der Waals surface area contributed by atoms with Crippen molar-refractivity contribution in [2.45, 2.75) is 96.7 Å². The van der Waals surface area contributed by atoms with Crippen LogP contribution < -0.4 is 9.47 Å². The molecule has 1 aromatic carbocycles.